The molecule has 0 fully saturated rings. The van der Waals surface area contributed by atoms with Crippen molar-refractivity contribution in [3.8, 4) is 17.1 Å². The third kappa shape index (κ3) is 7.22. The summed E-state index contributed by atoms with van der Waals surface area (Å²) in [5, 5.41) is 2.47. The molecule has 2 aliphatic carbocycles. The molecule has 58 heavy (non-hydrogen) atoms. The number of hydrogen-bond acceptors (Lipinski definition) is 1. The van der Waals surface area contributed by atoms with Crippen LogP contribution < -0.4 is 0 Å². The minimum Gasteiger partial charge on any atom is -0.292 e. The Morgan fingerprint density at radius 2 is 1.36 bits per heavy atom. The molecule has 0 saturated heterocycles. The summed E-state index contributed by atoms with van der Waals surface area (Å²) in [6.45, 7) is 11.4. The normalized spacial score (nSPS) is 19.4. The van der Waals surface area contributed by atoms with E-state index in [-0.39, 0.29) is 11.8 Å². The minimum absolute atomic E-state index is 0.220. The van der Waals surface area contributed by atoms with E-state index in [4.69, 9.17) is 11.6 Å². The summed E-state index contributed by atoms with van der Waals surface area (Å²) in [4.78, 5) is 5.12. The molecule has 9 rings (SSSR count). The minimum atomic E-state index is 0.220. The van der Waals surface area contributed by atoms with E-state index in [0.29, 0.717) is 0 Å². The van der Waals surface area contributed by atoms with Crippen LogP contribution in [0.5, 0.6) is 0 Å². The second-order valence-electron chi connectivity index (χ2n) is 15.3. The summed E-state index contributed by atoms with van der Waals surface area (Å²) in [6.07, 6.45) is 21.7. The van der Waals surface area contributed by atoms with Crippen molar-refractivity contribution in [2.24, 2.45) is 11.8 Å². The van der Waals surface area contributed by atoms with E-state index in [1.165, 1.54) is 49.7 Å². The summed E-state index contributed by atoms with van der Waals surface area (Å²) in [5.41, 5.74) is 14.9. The molecule has 2 atom stereocenters. The topological polar surface area (TPSA) is 17.8 Å². The van der Waals surface area contributed by atoms with E-state index in [2.05, 4.69) is 218 Å². The van der Waals surface area contributed by atoms with Gasteiger partial charge in [-0.1, -0.05) is 196 Å². The number of benzene rings is 6. The van der Waals surface area contributed by atoms with E-state index in [1.54, 1.807) is 0 Å². The number of hydrogen-bond donors (Lipinski definition) is 0. The van der Waals surface area contributed by atoms with Crippen molar-refractivity contribution in [2.45, 2.75) is 19.8 Å². The van der Waals surface area contributed by atoms with Crippen LogP contribution in [-0.2, 0) is 0 Å². The van der Waals surface area contributed by atoms with Gasteiger partial charge in [0, 0.05) is 11.3 Å². The number of fused-ring (bicyclic) bond motifs is 2. The predicted molar refractivity (Wildman–Crippen MR) is 248 cm³/mol. The van der Waals surface area contributed by atoms with Crippen molar-refractivity contribution in [1.82, 2.24) is 9.55 Å². The average Bonchev–Trinajstić information content (AvgIpc) is 3.67. The summed E-state index contributed by atoms with van der Waals surface area (Å²) in [5.74, 6) is 1.43. The summed E-state index contributed by atoms with van der Waals surface area (Å²) >= 11 is 0. The number of imidazole rings is 1. The maximum Gasteiger partial charge on any atom is 0.145 e. The molecular weight excluding hydrogens is 701 g/mol. The smallest absolute Gasteiger partial charge is 0.145 e. The Kier molecular flexibility index (Phi) is 10.2. The Hall–Kier alpha value is -7.03. The number of allylic oxidation sites excluding steroid dienone is 13. The molecule has 0 bridgehead atoms. The third-order valence-electron chi connectivity index (χ3n) is 11.6. The first-order valence-corrected chi connectivity index (χ1v) is 20.3. The predicted octanol–water partition coefficient (Wildman–Crippen LogP) is 14.6. The lowest BCUT2D eigenvalue weighted by Gasteiger charge is -2.27. The van der Waals surface area contributed by atoms with Gasteiger partial charge in [0.05, 0.1) is 11.0 Å². The molecular formula is C56H46N2. The fourth-order valence-corrected chi connectivity index (χ4v) is 8.57. The van der Waals surface area contributed by atoms with Gasteiger partial charge in [0.1, 0.15) is 5.82 Å². The van der Waals surface area contributed by atoms with Crippen LogP contribution in [0.2, 0.25) is 0 Å². The van der Waals surface area contributed by atoms with Crippen LogP contribution in [0.1, 0.15) is 42.0 Å². The zero-order valence-corrected chi connectivity index (χ0v) is 32.9. The van der Waals surface area contributed by atoms with Gasteiger partial charge in [0.2, 0.25) is 0 Å². The fourth-order valence-electron chi connectivity index (χ4n) is 8.57. The van der Waals surface area contributed by atoms with Crippen molar-refractivity contribution < 1.29 is 0 Å². The molecule has 0 saturated carbocycles. The van der Waals surface area contributed by atoms with Gasteiger partial charge in [-0.2, -0.15) is 0 Å². The van der Waals surface area contributed by atoms with Crippen LogP contribution in [0.25, 0.3) is 55.6 Å². The van der Waals surface area contributed by atoms with Crippen molar-refractivity contribution in [3.63, 3.8) is 0 Å². The zero-order chi connectivity index (χ0) is 39.4. The van der Waals surface area contributed by atoms with Crippen LogP contribution in [0.15, 0.2) is 225 Å². The van der Waals surface area contributed by atoms with Gasteiger partial charge in [-0.05, 0) is 110 Å². The molecule has 6 aromatic carbocycles. The maximum atomic E-state index is 5.12. The maximum absolute atomic E-state index is 5.12. The highest BCUT2D eigenvalue weighted by molar-refractivity contribution is 6.02. The van der Waals surface area contributed by atoms with Gasteiger partial charge in [-0.15, -0.1) is 0 Å². The first-order chi connectivity index (χ1) is 28.5. The molecule has 0 spiro atoms. The quantitative estimate of drug-likeness (QED) is 0.159. The Labute approximate surface area is 342 Å². The first kappa shape index (κ1) is 36.6. The van der Waals surface area contributed by atoms with E-state index in [9.17, 15) is 0 Å². The van der Waals surface area contributed by atoms with Crippen LogP contribution in [-0.4, -0.2) is 9.55 Å². The zero-order valence-electron chi connectivity index (χ0n) is 32.9. The Morgan fingerprint density at radius 3 is 2.22 bits per heavy atom. The van der Waals surface area contributed by atoms with E-state index in [1.807, 2.05) is 0 Å². The standard InChI is InChI=1S/C56H46N2/c1-39-18-6-4-9-25-48(40(2)33-32-39)41(3)49-26-12-13-28-51(49)55(52-29-17-20-43-19-10-11-27-50(43)52)46-22-16-21-45(38-46)42-34-36-44(37-35-42)56-57-53-30-14-15-31-54(53)58(56)47-23-7-5-8-24-47/h4-21,23-24,26-38,40,48H,1,3,22,25H2,2H3/b9-4-,18-6-,33-32-,55-46-. The van der Waals surface area contributed by atoms with Gasteiger partial charge in [0.25, 0.3) is 0 Å². The molecule has 280 valence electrons. The second-order valence-corrected chi connectivity index (χ2v) is 15.3. The highest BCUT2D eigenvalue weighted by Gasteiger charge is 2.24. The number of rotatable bonds is 7. The van der Waals surface area contributed by atoms with Gasteiger partial charge in [-0.3, -0.25) is 4.57 Å². The molecule has 2 nitrogen and oxygen atoms in total. The molecule has 1 heterocycles. The first-order valence-electron chi connectivity index (χ1n) is 20.3. The third-order valence-corrected chi connectivity index (χ3v) is 11.6. The highest BCUT2D eigenvalue weighted by Crippen LogP contribution is 2.42. The van der Waals surface area contributed by atoms with Crippen LogP contribution in [0.4, 0.5) is 0 Å². The van der Waals surface area contributed by atoms with Gasteiger partial charge in [-0.25, -0.2) is 4.98 Å². The average molecular weight is 747 g/mol. The largest absolute Gasteiger partial charge is 0.292 e. The molecule has 1 aromatic heterocycles. The number of nitrogens with zero attached hydrogens (tertiary/aromatic N) is 2. The summed E-state index contributed by atoms with van der Waals surface area (Å²) in [7, 11) is 0. The Bertz CT molecular complexity index is 2860. The van der Waals surface area contributed by atoms with Gasteiger partial charge < -0.3 is 0 Å². The molecule has 2 aliphatic rings. The molecule has 7 aromatic rings. The summed E-state index contributed by atoms with van der Waals surface area (Å²) < 4.78 is 2.26. The van der Waals surface area contributed by atoms with Gasteiger partial charge in [0.15, 0.2) is 0 Å². The lowest BCUT2D eigenvalue weighted by atomic mass is 9.77. The highest BCUT2D eigenvalue weighted by atomic mass is 15.1. The Balaban J connectivity index is 1.16. The van der Waals surface area contributed by atoms with Crippen molar-refractivity contribution in [3.05, 3.63) is 247 Å². The second kappa shape index (κ2) is 16.2. The van der Waals surface area contributed by atoms with Crippen LogP contribution in [0, 0.1) is 11.8 Å². The van der Waals surface area contributed by atoms with E-state index >= 15 is 0 Å². The van der Waals surface area contributed by atoms with Crippen molar-refractivity contribution in [2.75, 3.05) is 0 Å². The molecule has 0 N–H and O–H groups in total. The fraction of sp³-hybridized carbons (Fsp3) is 0.0893. The molecule has 0 aliphatic heterocycles. The summed E-state index contributed by atoms with van der Waals surface area (Å²) in [6, 6.07) is 52.1. The number of aromatic nitrogens is 2. The van der Waals surface area contributed by atoms with Crippen molar-refractivity contribution in [1.29, 1.82) is 0 Å². The molecule has 0 amide bonds. The lowest BCUT2D eigenvalue weighted by Crippen LogP contribution is -2.13. The Morgan fingerprint density at radius 1 is 0.655 bits per heavy atom. The monoisotopic (exact) mass is 746 g/mol. The lowest BCUT2D eigenvalue weighted by molar-refractivity contribution is 0.533. The van der Waals surface area contributed by atoms with Gasteiger partial charge >= 0.3 is 0 Å². The van der Waals surface area contributed by atoms with Crippen LogP contribution >= 0.6 is 0 Å². The van der Waals surface area contributed by atoms with E-state index in [0.717, 1.165) is 52.1 Å². The van der Waals surface area contributed by atoms with Crippen molar-refractivity contribution >= 4 is 38.5 Å². The number of para-hydroxylation sites is 3. The van der Waals surface area contributed by atoms with Crippen LogP contribution in [0.3, 0.4) is 0 Å². The molecule has 2 unspecified atom stereocenters. The van der Waals surface area contributed by atoms with E-state index < -0.39 is 0 Å². The molecule has 0 radical (unpaired) electrons. The molecule has 2 heteroatoms. The SMILES string of the molecule is C=C1/C=C\C=C/CC(C(=C)c2ccccc2/C(=C2/C=C(c3ccc(-c4nc5ccccc5n4-c4ccccc4)cc3)C=CC2)c2cccc3ccccc23)C(C)/C=C\1.